The molecule has 1 fully saturated rings. The lowest BCUT2D eigenvalue weighted by Gasteiger charge is -2.22. The third kappa shape index (κ3) is 7.55. The van der Waals surface area contributed by atoms with Gasteiger partial charge in [-0.2, -0.15) is 8.61 Å². The molecule has 3 aromatic rings. The molecule has 0 aromatic heterocycles. The summed E-state index contributed by atoms with van der Waals surface area (Å²) >= 11 is 18.0. The van der Waals surface area contributed by atoms with Crippen molar-refractivity contribution in [2.75, 3.05) is 26.2 Å². The minimum absolute atomic E-state index is 0.00580. The fraction of sp³-hybridized carbons (Fsp3) is 0.296. The lowest BCUT2D eigenvalue weighted by molar-refractivity contribution is -0.121. The standard InChI is InChI=1S/C27H28Cl3N3O5S2/c28-22-6-10-24(11-7-22)40(37,38)33(18-21-5-12-25(29)26(30)17-21)19-27(34)31-14-13-20-3-8-23(9-4-20)39(35,36)32-15-1-2-16-32/h3-12,17H,1-2,13-16,18-19H2,(H,31,34). The Bertz CT molecular complexity index is 1560. The van der Waals surface area contributed by atoms with Gasteiger partial charge in [0, 0.05) is 31.2 Å². The van der Waals surface area contributed by atoms with Crippen LogP contribution in [0.1, 0.15) is 24.0 Å². The summed E-state index contributed by atoms with van der Waals surface area (Å²) in [5.41, 5.74) is 1.39. The molecule has 0 radical (unpaired) electrons. The molecule has 4 rings (SSSR count). The van der Waals surface area contributed by atoms with E-state index in [-0.39, 0.29) is 27.9 Å². The molecular formula is C27H28Cl3N3O5S2. The third-order valence-corrected chi connectivity index (χ3v) is 11.2. The summed E-state index contributed by atoms with van der Waals surface area (Å²) in [5.74, 6) is -0.495. The predicted molar refractivity (Wildman–Crippen MR) is 157 cm³/mol. The van der Waals surface area contributed by atoms with Crippen molar-refractivity contribution >= 4 is 60.8 Å². The summed E-state index contributed by atoms with van der Waals surface area (Å²) in [5, 5.41) is 3.73. The van der Waals surface area contributed by atoms with Crippen molar-refractivity contribution in [1.82, 2.24) is 13.9 Å². The van der Waals surface area contributed by atoms with Gasteiger partial charge >= 0.3 is 0 Å². The SMILES string of the molecule is O=C(CN(Cc1ccc(Cl)c(Cl)c1)S(=O)(=O)c1ccc(Cl)cc1)NCCc1ccc(S(=O)(=O)N2CCCC2)cc1. The minimum Gasteiger partial charge on any atom is -0.355 e. The fourth-order valence-corrected chi connectivity index (χ4v) is 7.64. The van der Waals surface area contributed by atoms with Crippen molar-refractivity contribution in [2.45, 2.75) is 35.6 Å². The third-order valence-electron chi connectivity index (χ3n) is 6.48. The van der Waals surface area contributed by atoms with E-state index in [0.29, 0.717) is 35.1 Å². The van der Waals surface area contributed by atoms with E-state index < -0.39 is 32.5 Å². The van der Waals surface area contributed by atoms with Crippen molar-refractivity contribution in [2.24, 2.45) is 0 Å². The molecule has 1 saturated heterocycles. The number of nitrogens with zero attached hydrogens (tertiary/aromatic N) is 2. The Morgan fingerprint density at radius 1 is 0.800 bits per heavy atom. The van der Waals surface area contributed by atoms with Gasteiger partial charge in [0.2, 0.25) is 26.0 Å². The number of nitrogens with one attached hydrogen (secondary N) is 1. The number of halogens is 3. The molecule has 1 N–H and O–H groups in total. The van der Waals surface area contributed by atoms with Crippen LogP contribution in [0.3, 0.4) is 0 Å². The smallest absolute Gasteiger partial charge is 0.243 e. The van der Waals surface area contributed by atoms with Crippen LogP contribution in [0.4, 0.5) is 0 Å². The van der Waals surface area contributed by atoms with Crippen LogP contribution in [0.5, 0.6) is 0 Å². The summed E-state index contributed by atoms with van der Waals surface area (Å²) in [4.78, 5) is 13.1. The topological polar surface area (TPSA) is 104 Å². The Kier molecular flexibility index (Phi) is 10.2. The number of carbonyl (C=O) groups excluding carboxylic acids is 1. The van der Waals surface area contributed by atoms with E-state index in [1.165, 1.54) is 28.6 Å². The molecule has 0 bridgehead atoms. The summed E-state index contributed by atoms with van der Waals surface area (Å²) in [6, 6.07) is 17.0. The molecule has 1 heterocycles. The minimum atomic E-state index is -4.06. The van der Waals surface area contributed by atoms with Gasteiger partial charge in [0.25, 0.3) is 0 Å². The highest BCUT2D eigenvalue weighted by atomic mass is 35.5. The van der Waals surface area contributed by atoms with E-state index >= 15 is 0 Å². The van der Waals surface area contributed by atoms with Crippen molar-refractivity contribution < 1.29 is 21.6 Å². The first-order valence-corrected chi connectivity index (χ1v) is 16.5. The van der Waals surface area contributed by atoms with Crippen LogP contribution in [-0.4, -0.2) is 57.5 Å². The van der Waals surface area contributed by atoms with Gasteiger partial charge in [-0.15, -0.1) is 0 Å². The summed E-state index contributed by atoms with van der Waals surface area (Å²) in [6.45, 7) is 0.761. The number of rotatable bonds is 11. The normalized spacial score (nSPS) is 14.5. The molecule has 13 heteroatoms. The summed E-state index contributed by atoms with van der Waals surface area (Å²) < 4.78 is 54.8. The van der Waals surface area contributed by atoms with E-state index in [1.54, 1.807) is 42.5 Å². The Morgan fingerprint density at radius 2 is 1.40 bits per heavy atom. The average molecular weight is 645 g/mol. The van der Waals surface area contributed by atoms with Gasteiger partial charge in [0.15, 0.2) is 0 Å². The summed E-state index contributed by atoms with van der Waals surface area (Å²) in [6.07, 6.45) is 2.16. The first-order chi connectivity index (χ1) is 19.0. The number of hydrogen-bond donors (Lipinski definition) is 1. The van der Waals surface area contributed by atoms with Crippen LogP contribution in [-0.2, 0) is 37.8 Å². The zero-order valence-corrected chi connectivity index (χ0v) is 25.3. The van der Waals surface area contributed by atoms with Gasteiger partial charge in [0.05, 0.1) is 26.4 Å². The van der Waals surface area contributed by atoms with Crippen LogP contribution in [0.15, 0.2) is 76.5 Å². The Balaban J connectivity index is 1.41. The quantitative estimate of drug-likeness (QED) is 0.317. The Hall–Kier alpha value is -2.18. The lowest BCUT2D eigenvalue weighted by atomic mass is 10.1. The number of benzene rings is 3. The van der Waals surface area contributed by atoms with Crippen LogP contribution in [0.25, 0.3) is 0 Å². The molecule has 3 aromatic carbocycles. The molecule has 0 saturated carbocycles. The van der Waals surface area contributed by atoms with E-state index in [0.717, 1.165) is 22.7 Å². The molecule has 40 heavy (non-hydrogen) atoms. The van der Waals surface area contributed by atoms with Crippen molar-refractivity contribution in [3.05, 3.63) is 92.9 Å². The fourth-order valence-electron chi connectivity index (χ4n) is 4.29. The Labute approximate surface area is 249 Å². The first kappa shape index (κ1) is 30.8. The van der Waals surface area contributed by atoms with E-state index in [2.05, 4.69) is 5.32 Å². The van der Waals surface area contributed by atoms with Gasteiger partial charge in [-0.3, -0.25) is 4.79 Å². The molecule has 0 unspecified atom stereocenters. The number of hydrogen-bond acceptors (Lipinski definition) is 5. The largest absolute Gasteiger partial charge is 0.355 e. The highest BCUT2D eigenvalue weighted by Crippen LogP contribution is 2.26. The molecule has 214 valence electrons. The molecule has 8 nitrogen and oxygen atoms in total. The second-order valence-corrected chi connectivity index (χ2v) is 14.5. The van der Waals surface area contributed by atoms with Gasteiger partial charge in [0.1, 0.15) is 0 Å². The molecule has 1 amide bonds. The zero-order chi connectivity index (χ0) is 28.9. The van der Waals surface area contributed by atoms with Gasteiger partial charge in [-0.1, -0.05) is 53.0 Å². The number of sulfonamides is 2. The zero-order valence-electron chi connectivity index (χ0n) is 21.4. The van der Waals surface area contributed by atoms with E-state index in [9.17, 15) is 21.6 Å². The lowest BCUT2D eigenvalue weighted by Crippen LogP contribution is -2.40. The number of carbonyl (C=O) groups is 1. The van der Waals surface area contributed by atoms with Gasteiger partial charge < -0.3 is 5.32 Å². The summed E-state index contributed by atoms with van der Waals surface area (Å²) in [7, 11) is -7.56. The molecule has 0 aliphatic carbocycles. The van der Waals surface area contributed by atoms with Crippen molar-refractivity contribution in [3.8, 4) is 0 Å². The average Bonchev–Trinajstić information content (AvgIpc) is 3.47. The Morgan fingerprint density at radius 3 is 2.02 bits per heavy atom. The van der Waals surface area contributed by atoms with E-state index in [1.807, 2.05) is 0 Å². The van der Waals surface area contributed by atoms with Gasteiger partial charge in [-0.25, -0.2) is 16.8 Å². The van der Waals surface area contributed by atoms with Crippen LogP contribution >= 0.6 is 34.8 Å². The second kappa shape index (κ2) is 13.2. The van der Waals surface area contributed by atoms with Gasteiger partial charge in [-0.05, 0) is 78.9 Å². The molecule has 0 atom stereocenters. The molecule has 1 aliphatic heterocycles. The molecule has 0 spiro atoms. The first-order valence-electron chi connectivity index (χ1n) is 12.5. The van der Waals surface area contributed by atoms with Crippen LogP contribution in [0.2, 0.25) is 15.1 Å². The molecular weight excluding hydrogens is 617 g/mol. The monoisotopic (exact) mass is 643 g/mol. The van der Waals surface area contributed by atoms with Crippen LogP contribution < -0.4 is 5.32 Å². The number of amides is 1. The predicted octanol–water partition coefficient (Wildman–Crippen LogP) is 4.98. The van der Waals surface area contributed by atoms with Crippen LogP contribution in [0, 0.1) is 0 Å². The van der Waals surface area contributed by atoms with Crippen molar-refractivity contribution in [3.63, 3.8) is 0 Å². The van der Waals surface area contributed by atoms with E-state index in [4.69, 9.17) is 34.8 Å². The highest BCUT2D eigenvalue weighted by molar-refractivity contribution is 7.89. The maximum Gasteiger partial charge on any atom is 0.243 e. The second-order valence-electron chi connectivity index (χ2n) is 9.33. The highest BCUT2D eigenvalue weighted by Gasteiger charge is 2.28. The maximum atomic E-state index is 13.4. The van der Waals surface area contributed by atoms with Crippen molar-refractivity contribution in [1.29, 1.82) is 0 Å². The maximum absolute atomic E-state index is 13.4. The molecule has 1 aliphatic rings.